The molecule has 0 aromatic carbocycles. The van der Waals surface area contributed by atoms with Gasteiger partial charge in [0.1, 0.15) is 12.6 Å². The third-order valence-corrected chi connectivity index (χ3v) is 10.5. The van der Waals surface area contributed by atoms with Crippen LogP contribution in [0.4, 0.5) is 0 Å². The summed E-state index contributed by atoms with van der Waals surface area (Å²) < 4.78 is 32.6. The van der Waals surface area contributed by atoms with Gasteiger partial charge in [0, 0.05) is 12.8 Å². The Labute approximate surface area is 352 Å². The van der Waals surface area contributed by atoms with Crippen molar-refractivity contribution in [1.29, 1.82) is 0 Å². The van der Waals surface area contributed by atoms with Crippen molar-refractivity contribution >= 4 is 25.7 Å². The molecule has 3 unspecified atom stereocenters. The molecule has 0 heterocycles. The number of hydrogen-bond donors (Lipinski definition) is 3. The Morgan fingerprint density at radius 2 is 0.948 bits per heavy atom. The van der Waals surface area contributed by atoms with E-state index in [2.05, 4.69) is 54.8 Å². The van der Waals surface area contributed by atoms with Gasteiger partial charge in [-0.1, -0.05) is 184 Å². The first-order chi connectivity index (χ1) is 28.1. The first-order valence-corrected chi connectivity index (χ1v) is 24.2. The number of hydrogen-bond acceptors (Lipinski definition) is 9. The van der Waals surface area contributed by atoms with Crippen molar-refractivity contribution in [3.8, 4) is 0 Å². The topological polar surface area (TPSA) is 172 Å². The number of carbonyl (C=O) groups is 3. The van der Waals surface area contributed by atoms with E-state index >= 15 is 0 Å². The van der Waals surface area contributed by atoms with Crippen LogP contribution in [0.3, 0.4) is 0 Å². The maximum atomic E-state index is 12.6. The van der Waals surface area contributed by atoms with Gasteiger partial charge in [-0.2, -0.15) is 0 Å². The first-order valence-electron chi connectivity index (χ1n) is 22.7. The molecule has 0 bridgehead atoms. The van der Waals surface area contributed by atoms with Crippen LogP contribution in [0, 0.1) is 0 Å². The third-order valence-electron chi connectivity index (χ3n) is 9.59. The van der Waals surface area contributed by atoms with Crippen LogP contribution >= 0.6 is 7.82 Å². The molecule has 336 valence electrons. The maximum absolute atomic E-state index is 12.6. The predicted octanol–water partition coefficient (Wildman–Crippen LogP) is 12.2. The van der Waals surface area contributed by atoms with Crippen LogP contribution in [0.15, 0.2) is 48.6 Å². The van der Waals surface area contributed by atoms with Crippen LogP contribution in [-0.4, -0.2) is 59.9 Å². The van der Waals surface area contributed by atoms with Crippen molar-refractivity contribution in [2.24, 2.45) is 5.73 Å². The van der Waals surface area contributed by atoms with Crippen LogP contribution < -0.4 is 5.73 Å². The normalized spacial score (nSPS) is 14.1. The lowest BCUT2D eigenvalue weighted by Gasteiger charge is -2.20. The number of ether oxygens (including phenoxy) is 2. The van der Waals surface area contributed by atoms with E-state index in [4.69, 9.17) is 24.8 Å². The summed E-state index contributed by atoms with van der Waals surface area (Å²) in [5.74, 6) is -2.48. The highest BCUT2D eigenvalue weighted by Crippen LogP contribution is 2.43. The molecule has 0 aromatic rings. The predicted molar refractivity (Wildman–Crippen MR) is 235 cm³/mol. The molecular weight excluding hydrogens is 757 g/mol. The van der Waals surface area contributed by atoms with E-state index in [1.54, 1.807) is 0 Å². The summed E-state index contributed by atoms with van der Waals surface area (Å²) in [7, 11) is -4.73. The zero-order chi connectivity index (χ0) is 42.8. The third kappa shape index (κ3) is 40.2. The maximum Gasteiger partial charge on any atom is 0.472 e. The lowest BCUT2D eigenvalue weighted by molar-refractivity contribution is -0.161. The fraction of sp³-hybridized carbons (Fsp3) is 0.761. The fourth-order valence-electron chi connectivity index (χ4n) is 6.01. The number of unbranched alkanes of at least 4 members (excludes halogenated alkanes) is 20. The Bertz CT molecular complexity index is 1170. The molecule has 0 saturated heterocycles. The number of phosphoric ester groups is 1. The number of phosphoric acid groups is 1. The molecule has 0 saturated carbocycles. The molecule has 0 fully saturated rings. The summed E-state index contributed by atoms with van der Waals surface area (Å²) in [6.45, 7) is 2.74. The minimum Gasteiger partial charge on any atom is -0.480 e. The molecule has 12 heteroatoms. The summed E-state index contributed by atoms with van der Waals surface area (Å²) in [6, 6.07) is -1.53. The summed E-state index contributed by atoms with van der Waals surface area (Å²) in [4.78, 5) is 45.9. The fourth-order valence-corrected chi connectivity index (χ4v) is 6.79. The molecule has 0 amide bonds. The average molecular weight is 840 g/mol. The Kier molecular flexibility index (Phi) is 39.4. The molecule has 0 aliphatic rings. The molecule has 4 N–H and O–H groups in total. The van der Waals surface area contributed by atoms with Crippen LogP contribution in [0.25, 0.3) is 0 Å². The van der Waals surface area contributed by atoms with Gasteiger partial charge >= 0.3 is 25.7 Å². The van der Waals surface area contributed by atoms with Crippen molar-refractivity contribution in [1.82, 2.24) is 0 Å². The smallest absolute Gasteiger partial charge is 0.472 e. The first kappa shape index (κ1) is 55.4. The van der Waals surface area contributed by atoms with Gasteiger partial charge in [0.05, 0.1) is 13.2 Å². The van der Waals surface area contributed by atoms with Gasteiger partial charge in [0.15, 0.2) is 6.10 Å². The molecule has 11 nitrogen and oxygen atoms in total. The molecule has 0 aliphatic carbocycles. The van der Waals surface area contributed by atoms with E-state index in [0.717, 1.165) is 44.9 Å². The Balaban J connectivity index is 4.45. The number of allylic oxidation sites excluding steroid dienone is 8. The van der Waals surface area contributed by atoms with Crippen LogP contribution in [0.1, 0.15) is 194 Å². The second-order valence-corrected chi connectivity index (χ2v) is 16.6. The van der Waals surface area contributed by atoms with Gasteiger partial charge in [-0.05, 0) is 44.9 Å². The molecule has 0 rings (SSSR count). The van der Waals surface area contributed by atoms with Gasteiger partial charge in [-0.15, -0.1) is 0 Å². The van der Waals surface area contributed by atoms with Crippen LogP contribution in [0.5, 0.6) is 0 Å². The number of nitrogens with two attached hydrogens (primary N) is 1. The van der Waals surface area contributed by atoms with E-state index in [1.165, 1.54) is 109 Å². The number of aliphatic carboxylic acids is 1. The number of carboxylic acid groups (broad SMARTS) is 1. The van der Waals surface area contributed by atoms with Crippen molar-refractivity contribution in [2.75, 3.05) is 19.8 Å². The van der Waals surface area contributed by atoms with Gasteiger partial charge in [0.2, 0.25) is 0 Å². The van der Waals surface area contributed by atoms with Crippen molar-refractivity contribution in [3.63, 3.8) is 0 Å². The minimum atomic E-state index is -4.73. The molecule has 0 aromatic heterocycles. The molecular formula is C46H82NO10P. The van der Waals surface area contributed by atoms with Crippen molar-refractivity contribution in [2.45, 2.75) is 206 Å². The quantitative estimate of drug-likeness (QED) is 0.0231. The highest BCUT2D eigenvalue weighted by molar-refractivity contribution is 7.47. The van der Waals surface area contributed by atoms with E-state index < -0.39 is 51.1 Å². The highest BCUT2D eigenvalue weighted by atomic mass is 31.2. The molecule has 0 radical (unpaired) electrons. The van der Waals surface area contributed by atoms with E-state index in [1.807, 2.05) is 12.2 Å². The van der Waals surface area contributed by atoms with Gasteiger partial charge in [-0.3, -0.25) is 23.4 Å². The Morgan fingerprint density at radius 1 is 0.534 bits per heavy atom. The summed E-state index contributed by atoms with van der Waals surface area (Å²) in [5, 5.41) is 8.89. The molecule has 0 aliphatic heterocycles. The summed E-state index contributed by atoms with van der Waals surface area (Å²) in [5.41, 5.74) is 5.33. The average Bonchev–Trinajstić information content (AvgIpc) is 3.20. The standard InChI is InChI=1S/C46H82NO10P/c1-3-5-7-9-11-13-15-17-19-20-21-22-24-26-28-30-32-34-36-38-45(49)57-42(40-55-58(52,53)56-41-43(47)46(50)51)39-54-44(48)37-35-33-31-29-27-25-23-18-16-14-12-10-8-6-4-2/h17,19,21-22,26,28,32,34,42-43H,3-16,18,20,23-25,27,29-31,33,35-41,47H2,1-2H3,(H,50,51)(H,52,53). The molecule has 58 heavy (non-hydrogen) atoms. The van der Waals surface area contributed by atoms with Gasteiger partial charge in [0.25, 0.3) is 0 Å². The summed E-state index contributed by atoms with van der Waals surface area (Å²) >= 11 is 0. The molecule has 3 atom stereocenters. The Morgan fingerprint density at radius 3 is 1.43 bits per heavy atom. The SMILES string of the molecule is CCCCCCCCC=CCC=CCC=CCC=CCCC(=O)OC(COC(=O)CCCCCCCCCCCCCCCCC)COP(=O)(O)OCC(N)C(=O)O. The van der Waals surface area contributed by atoms with Gasteiger partial charge in [-0.25, -0.2) is 4.57 Å². The number of esters is 2. The minimum absolute atomic E-state index is 0.0413. The zero-order valence-corrected chi connectivity index (χ0v) is 37.3. The lowest BCUT2D eigenvalue weighted by Crippen LogP contribution is -2.34. The second kappa shape index (κ2) is 41.2. The van der Waals surface area contributed by atoms with Crippen molar-refractivity contribution in [3.05, 3.63) is 48.6 Å². The Hall–Kier alpha value is -2.56. The molecule has 0 spiro atoms. The second-order valence-electron chi connectivity index (χ2n) is 15.2. The largest absolute Gasteiger partial charge is 0.480 e. The number of carbonyl (C=O) groups excluding carboxylic acids is 2. The van der Waals surface area contributed by atoms with E-state index in [0.29, 0.717) is 12.8 Å². The van der Waals surface area contributed by atoms with Crippen molar-refractivity contribution < 1.29 is 47.5 Å². The van der Waals surface area contributed by atoms with Crippen LogP contribution in [-0.2, 0) is 37.5 Å². The van der Waals surface area contributed by atoms with E-state index in [-0.39, 0.29) is 19.4 Å². The van der Waals surface area contributed by atoms with E-state index in [9.17, 15) is 23.8 Å². The lowest BCUT2D eigenvalue weighted by atomic mass is 10.0. The monoisotopic (exact) mass is 840 g/mol. The van der Waals surface area contributed by atoms with Crippen LogP contribution in [0.2, 0.25) is 0 Å². The zero-order valence-electron chi connectivity index (χ0n) is 36.4. The van der Waals surface area contributed by atoms with Gasteiger partial charge < -0.3 is 25.2 Å². The summed E-state index contributed by atoms with van der Waals surface area (Å²) in [6.07, 6.45) is 46.2. The highest BCUT2D eigenvalue weighted by Gasteiger charge is 2.28. The number of carboxylic acids is 1. The number of rotatable bonds is 42.